The maximum Gasteiger partial charge on any atom is 0.332 e. The quantitative estimate of drug-likeness (QED) is 0.774. The Morgan fingerprint density at radius 3 is 2.68 bits per heavy atom. The van der Waals surface area contributed by atoms with Crippen molar-refractivity contribution in [3.8, 4) is 0 Å². The van der Waals surface area contributed by atoms with Crippen molar-refractivity contribution in [3.05, 3.63) is 33.1 Å². The number of anilines is 1. The predicted octanol–water partition coefficient (Wildman–Crippen LogP) is -0.575. The second-order valence-electron chi connectivity index (χ2n) is 4.49. The third kappa shape index (κ3) is 2.24. The molecule has 2 rings (SSSR count). The molecule has 0 saturated heterocycles. The molecular weight excluding hydrogens is 248 g/mol. The van der Waals surface area contributed by atoms with E-state index in [-0.39, 0.29) is 0 Å². The highest BCUT2D eigenvalue weighted by Crippen LogP contribution is 2.16. The van der Waals surface area contributed by atoms with Crippen LogP contribution in [-0.2, 0) is 14.1 Å². The van der Waals surface area contributed by atoms with Gasteiger partial charge in [0.1, 0.15) is 5.39 Å². The van der Waals surface area contributed by atoms with Crippen molar-refractivity contribution in [2.24, 2.45) is 14.1 Å². The minimum absolute atomic E-state index is 0.311. The molecule has 2 N–H and O–H groups in total. The van der Waals surface area contributed by atoms with E-state index in [1.165, 1.54) is 17.8 Å². The highest BCUT2D eigenvalue weighted by atomic mass is 16.3. The zero-order valence-corrected chi connectivity index (χ0v) is 11.0. The lowest BCUT2D eigenvalue weighted by Gasteiger charge is -2.12. The number of rotatable bonds is 3. The maximum atomic E-state index is 12.2. The summed E-state index contributed by atoms with van der Waals surface area (Å²) in [6, 6.07) is 1.65. The van der Waals surface area contributed by atoms with Gasteiger partial charge in [-0.3, -0.25) is 13.9 Å². The predicted molar refractivity (Wildman–Crippen MR) is 72.4 cm³/mol. The molecule has 19 heavy (non-hydrogen) atoms. The van der Waals surface area contributed by atoms with Gasteiger partial charge in [-0.05, 0) is 13.0 Å². The van der Waals surface area contributed by atoms with Crippen molar-refractivity contribution in [3.63, 3.8) is 0 Å². The van der Waals surface area contributed by atoms with Crippen LogP contribution in [0.1, 0.15) is 6.92 Å². The fourth-order valence-corrected chi connectivity index (χ4v) is 1.89. The molecule has 0 aliphatic carbocycles. The van der Waals surface area contributed by atoms with Crippen LogP contribution in [0.5, 0.6) is 0 Å². The van der Waals surface area contributed by atoms with Gasteiger partial charge in [0, 0.05) is 26.8 Å². The molecule has 2 aromatic rings. The molecule has 0 aromatic carbocycles. The number of hydrogen-bond acceptors (Lipinski definition) is 5. The lowest BCUT2D eigenvalue weighted by Crippen LogP contribution is -2.37. The Morgan fingerprint density at radius 2 is 2.05 bits per heavy atom. The van der Waals surface area contributed by atoms with E-state index >= 15 is 0 Å². The van der Waals surface area contributed by atoms with E-state index in [2.05, 4.69) is 10.3 Å². The summed E-state index contributed by atoms with van der Waals surface area (Å²) in [5, 5.41) is 12.6. The van der Waals surface area contributed by atoms with Gasteiger partial charge in [0.05, 0.1) is 11.8 Å². The van der Waals surface area contributed by atoms with Crippen molar-refractivity contribution < 1.29 is 5.11 Å². The van der Waals surface area contributed by atoms with Gasteiger partial charge >= 0.3 is 5.69 Å². The molecule has 1 unspecified atom stereocenters. The first kappa shape index (κ1) is 13.3. The molecule has 0 aliphatic rings. The minimum Gasteiger partial charge on any atom is -0.392 e. The highest BCUT2D eigenvalue weighted by Gasteiger charge is 2.13. The summed E-state index contributed by atoms with van der Waals surface area (Å²) in [6.07, 6.45) is 0.977. The zero-order chi connectivity index (χ0) is 14.2. The third-order valence-corrected chi connectivity index (χ3v) is 2.93. The van der Waals surface area contributed by atoms with E-state index in [0.29, 0.717) is 23.3 Å². The molecule has 0 radical (unpaired) electrons. The molecule has 0 amide bonds. The number of aromatic nitrogens is 3. The first-order valence-electron chi connectivity index (χ1n) is 5.90. The van der Waals surface area contributed by atoms with E-state index in [1.54, 1.807) is 20.0 Å². The summed E-state index contributed by atoms with van der Waals surface area (Å²) < 4.78 is 2.36. The molecule has 0 aliphatic heterocycles. The van der Waals surface area contributed by atoms with Crippen LogP contribution in [0.15, 0.2) is 21.9 Å². The minimum atomic E-state index is -0.542. The average molecular weight is 264 g/mol. The molecule has 0 spiro atoms. The number of pyridine rings is 1. The number of hydrogen-bond donors (Lipinski definition) is 2. The van der Waals surface area contributed by atoms with Crippen molar-refractivity contribution in [1.82, 2.24) is 14.1 Å². The van der Waals surface area contributed by atoms with Gasteiger partial charge in [0.25, 0.3) is 5.56 Å². The van der Waals surface area contributed by atoms with Crippen LogP contribution in [-0.4, -0.2) is 31.9 Å². The van der Waals surface area contributed by atoms with E-state index in [9.17, 15) is 14.7 Å². The van der Waals surface area contributed by atoms with Crippen LogP contribution in [0.3, 0.4) is 0 Å². The van der Waals surface area contributed by atoms with Gasteiger partial charge in [0.2, 0.25) is 0 Å². The van der Waals surface area contributed by atoms with Crippen LogP contribution < -0.4 is 16.6 Å². The SMILES string of the molecule is CC(O)CNc1ccnc2c1c(=O)n(C)c(=O)n2C. The Morgan fingerprint density at radius 1 is 1.37 bits per heavy atom. The number of aliphatic hydroxyl groups excluding tert-OH is 1. The molecule has 7 heteroatoms. The lowest BCUT2D eigenvalue weighted by molar-refractivity contribution is 0.208. The highest BCUT2D eigenvalue weighted by molar-refractivity contribution is 5.87. The molecule has 7 nitrogen and oxygen atoms in total. The van der Waals surface area contributed by atoms with Crippen molar-refractivity contribution >= 4 is 16.7 Å². The Kier molecular flexibility index (Phi) is 3.39. The average Bonchev–Trinajstić information content (AvgIpc) is 2.39. The number of fused-ring (bicyclic) bond motifs is 1. The third-order valence-electron chi connectivity index (χ3n) is 2.93. The number of aliphatic hydroxyl groups is 1. The van der Waals surface area contributed by atoms with E-state index < -0.39 is 17.4 Å². The molecular formula is C12H16N4O3. The van der Waals surface area contributed by atoms with Gasteiger partial charge in [-0.2, -0.15) is 0 Å². The summed E-state index contributed by atoms with van der Waals surface area (Å²) in [4.78, 5) is 28.1. The Bertz CT molecular complexity index is 730. The fourth-order valence-electron chi connectivity index (χ4n) is 1.89. The van der Waals surface area contributed by atoms with Crippen molar-refractivity contribution in [2.45, 2.75) is 13.0 Å². The molecule has 1 atom stereocenters. The standard InChI is InChI=1S/C12H16N4O3/c1-7(17)6-14-8-4-5-13-10-9(8)11(18)16(3)12(19)15(10)2/h4-5,7,17H,6H2,1-3H3,(H,13,14). The summed E-state index contributed by atoms with van der Waals surface area (Å²) in [6.45, 7) is 1.95. The lowest BCUT2D eigenvalue weighted by atomic mass is 10.2. The summed E-state index contributed by atoms with van der Waals surface area (Å²) in [7, 11) is 2.99. The largest absolute Gasteiger partial charge is 0.392 e. The summed E-state index contributed by atoms with van der Waals surface area (Å²) in [5.74, 6) is 0. The molecule has 0 saturated carbocycles. The van der Waals surface area contributed by atoms with Crippen molar-refractivity contribution in [1.29, 1.82) is 0 Å². The number of aryl methyl sites for hydroxylation is 1. The van der Waals surface area contributed by atoms with Crippen molar-refractivity contribution in [2.75, 3.05) is 11.9 Å². The van der Waals surface area contributed by atoms with E-state index in [4.69, 9.17) is 0 Å². The van der Waals surface area contributed by atoms with E-state index in [1.807, 2.05) is 0 Å². The summed E-state index contributed by atoms with van der Waals surface area (Å²) >= 11 is 0. The fraction of sp³-hybridized carbons (Fsp3) is 0.417. The van der Waals surface area contributed by atoms with Crippen LogP contribution >= 0.6 is 0 Å². The first-order valence-corrected chi connectivity index (χ1v) is 5.90. The molecule has 0 fully saturated rings. The topological polar surface area (TPSA) is 89.2 Å². The second-order valence-corrected chi connectivity index (χ2v) is 4.49. The van der Waals surface area contributed by atoms with Crippen LogP contribution in [0.4, 0.5) is 5.69 Å². The molecule has 2 aromatic heterocycles. The van der Waals surface area contributed by atoms with Gasteiger partial charge in [-0.25, -0.2) is 9.78 Å². The van der Waals surface area contributed by atoms with E-state index in [0.717, 1.165) is 4.57 Å². The number of nitrogens with one attached hydrogen (secondary N) is 1. The number of nitrogens with zero attached hydrogens (tertiary/aromatic N) is 3. The Hall–Kier alpha value is -2.15. The van der Waals surface area contributed by atoms with Gasteiger partial charge in [-0.15, -0.1) is 0 Å². The Labute approximate surface area is 109 Å². The van der Waals surface area contributed by atoms with Gasteiger partial charge < -0.3 is 10.4 Å². The van der Waals surface area contributed by atoms with Crippen LogP contribution in [0, 0.1) is 0 Å². The summed E-state index contributed by atoms with van der Waals surface area (Å²) in [5.41, 5.74) is 0.0581. The van der Waals surface area contributed by atoms with Gasteiger partial charge in [-0.1, -0.05) is 0 Å². The molecule has 2 heterocycles. The van der Waals surface area contributed by atoms with Crippen LogP contribution in [0.25, 0.3) is 11.0 Å². The normalized spacial score (nSPS) is 12.6. The van der Waals surface area contributed by atoms with Gasteiger partial charge in [0.15, 0.2) is 5.65 Å². The van der Waals surface area contributed by atoms with Crippen LogP contribution in [0.2, 0.25) is 0 Å². The first-order chi connectivity index (χ1) is 8.93. The maximum absolute atomic E-state index is 12.2. The second kappa shape index (κ2) is 4.85. The molecule has 0 bridgehead atoms. The Balaban J connectivity index is 2.75. The molecule has 102 valence electrons. The monoisotopic (exact) mass is 264 g/mol. The smallest absolute Gasteiger partial charge is 0.332 e. The zero-order valence-electron chi connectivity index (χ0n) is 11.0.